The van der Waals surface area contributed by atoms with Gasteiger partial charge in [0.15, 0.2) is 0 Å². The highest BCUT2D eigenvalue weighted by molar-refractivity contribution is 5.82. The second kappa shape index (κ2) is 7.88. The van der Waals surface area contributed by atoms with Crippen molar-refractivity contribution in [1.82, 2.24) is 24.9 Å². The molecule has 2 aliphatic heterocycles. The Hall–Kier alpha value is -1.73. The molecule has 1 aliphatic carbocycles. The largest absolute Gasteiger partial charge is 0.355 e. The minimum Gasteiger partial charge on any atom is -0.355 e. The molecule has 7 heteroatoms. The third-order valence-electron chi connectivity index (χ3n) is 6.01. The number of hydrogen-bond donors (Lipinski definition) is 1. The van der Waals surface area contributed by atoms with Crippen LogP contribution in [0.2, 0.25) is 0 Å². The zero-order valence-electron chi connectivity index (χ0n) is 15.5. The molecule has 0 aromatic carbocycles. The lowest BCUT2D eigenvalue weighted by Crippen LogP contribution is -2.57. The van der Waals surface area contributed by atoms with Crippen molar-refractivity contribution in [3.63, 3.8) is 0 Å². The van der Waals surface area contributed by atoms with Gasteiger partial charge in [0.05, 0.1) is 18.3 Å². The van der Waals surface area contributed by atoms with Crippen molar-refractivity contribution in [1.29, 1.82) is 0 Å². The molecular weight excluding hydrogens is 330 g/mol. The first-order valence-electron chi connectivity index (χ1n) is 10.0. The lowest BCUT2D eigenvalue weighted by atomic mass is 9.97. The number of aryl methyl sites for hydroxylation is 2. The Morgan fingerprint density at radius 2 is 1.85 bits per heavy atom. The van der Waals surface area contributed by atoms with E-state index in [2.05, 4.69) is 20.2 Å². The highest BCUT2D eigenvalue weighted by Gasteiger charge is 2.30. The van der Waals surface area contributed by atoms with Crippen LogP contribution in [0.25, 0.3) is 0 Å². The van der Waals surface area contributed by atoms with Crippen LogP contribution in [0.5, 0.6) is 0 Å². The van der Waals surface area contributed by atoms with E-state index in [-0.39, 0.29) is 17.5 Å². The number of carbonyl (C=O) groups is 1. The number of hydrogen-bond acceptors (Lipinski definition) is 5. The predicted molar refractivity (Wildman–Crippen MR) is 99.2 cm³/mol. The molecule has 0 bridgehead atoms. The molecule has 0 radical (unpaired) electrons. The summed E-state index contributed by atoms with van der Waals surface area (Å²) in [7, 11) is 0. The molecule has 1 atom stereocenters. The number of rotatable bonds is 4. The number of piperazine rings is 1. The average Bonchev–Trinajstić information content (AvgIpc) is 2.67. The summed E-state index contributed by atoms with van der Waals surface area (Å²) < 4.78 is 1.64. The van der Waals surface area contributed by atoms with E-state index < -0.39 is 0 Å². The van der Waals surface area contributed by atoms with Crippen LogP contribution in [0.3, 0.4) is 0 Å². The summed E-state index contributed by atoms with van der Waals surface area (Å²) in [5.41, 5.74) is 2.30. The van der Waals surface area contributed by atoms with Crippen LogP contribution in [-0.2, 0) is 24.2 Å². The van der Waals surface area contributed by atoms with Gasteiger partial charge in [-0.1, -0.05) is 0 Å². The molecule has 4 rings (SSSR count). The Morgan fingerprint density at radius 3 is 2.65 bits per heavy atom. The van der Waals surface area contributed by atoms with Crippen LogP contribution in [0.1, 0.15) is 36.9 Å². The topological polar surface area (TPSA) is 70.5 Å². The summed E-state index contributed by atoms with van der Waals surface area (Å²) in [6.45, 7) is 6.05. The van der Waals surface area contributed by atoms with Crippen LogP contribution < -0.4 is 10.9 Å². The van der Waals surface area contributed by atoms with Crippen molar-refractivity contribution in [3.8, 4) is 0 Å². The number of nitrogens with zero attached hydrogens (tertiary/aromatic N) is 4. The molecule has 1 aromatic rings. The normalized spacial score (nSPS) is 24.9. The molecule has 0 spiro atoms. The number of carbonyl (C=O) groups excluding carboxylic acids is 1. The number of amides is 1. The van der Waals surface area contributed by atoms with Crippen LogP contribution in [0.15, 0.2) is 10.9 Å². The first-order valence-corrected chi connectivity index (χ1v) is 10.0. The smallest absolute Gasteiger partial charge is 0.267 e. The Balaban J connectivity index is 1.30. The number of nitrogens with one attached hydrogen (secondary N) is 1. The van der Waals surface area contributed by atoms with Crippen LogP contribution in [0, 0.1) is 0 Å². The third-order valence-corrected chi connectivity index (χ3v) is 6.01. The molecule has 2 fully saturated rings. The molecule has 1 aromatic heterocycles. The second-order valence-corrected chi connectivity index (χ2v) is 7.71. The maximum atomic E-state index is 12.3. The third kappa shape index (κ3) is 3.83. The van der Waals surface area contributed by atoms with E-state index in [0.717, 1.165) is 76.2 Å². The van der Waals surface area contributed by atoms with Crippen molar-refractivity contribution in [2.24, 2.45) is 0 Å². The van der Waals surface area contributed by atoms with Gasteiger partial charge in [0.1, 0.15) is 0 Å². The van der Waals surface area contributed by atoms with E-state index in [4.69, 9.17) is 0 Å². The van der Waals surface area contributed by atoms with Crippen LogP contribution in [-0.4, -0.2) is 70.8 Å². The molecule has 1 amide bonds. The van der Waals surface area contributed by atoms with Crippen molar-refractivity contribution in [3.05, 3.63) is 27.7 Å². The highest BCUT2D eigenvalue weighted by Crippen LogP contribution is 2.17. The summed E-state index contributed by atoms with van der Waals surface area (Å²) in [6.07, 6.45) is 6.38. The monoisotopic (exact) mass is 359 g/mol. The van der Waals surface area contributed by atoms with Crippen LogP contribution in [0.4, 0.5) is 0 Å². The Labute approximate surface area is 154 Å². The molecule has 26 heavy (non-hydrogen) atoms. The van der Waals surface area contributed by atoms with Crippen molar-refractivity contribution >= 4 is 5.91 Å². The first-order chi connectivity index (χ1) is 12.7. The van der Waals surface area contributed by atoms with Crippen LogP contribution >= 0.6 is 0 Å². The Bertz CT molecular complexity index is 708. The summed E-state index contributed by atoms with van der Waals surface area (Å²) in [6, 6.07) is 1.84. The SMILES string of the molecule is O=C1NCCCC1N1CCN(CCn2nc3c(cc2=O)CCCC3)CC1. The zero-order valence-corrected chi connectivity index (χ0v) is 15.5. The van der Waals surface area contributed by atoms with Gasteiger partial charge in [0.25, 0.3) is 5.56 Å². The summed E-state index contributed by atoms with van der Waals surface area (Å²) in [5, 5.41) is 7.59. The first kappa shape index (κ1) is 17.7. The molecule has 2 saturated heterocycles. The van der Waals surface area contributed by atoms with Gasteiger partial charge in [0.2, 0.25) is 5.91 Å². The minimum absolute atomic E-state index is 0.0307. The molecule has 1 unspecified atom stereocenters. The van der Waals surface area contributed by atoms with Gasteiger partial charge in [0, 0.05) is 45.3 Å². The molecule has 7 nitrogen and oxygen atoms in total. The zero-order chi connectivity index (χ0) is 17.9. The van der Waals surface area contributed by atoms with Gasteiger partial charge in [-0.15, -0.1) is 0 Å². The van der Waals surface area contributed by atoms with E-state index in [0.29, 0.717) is 6.54 Å². The molecule has 0 saturated carbocycles. The fourth-order valence-electron chi connectivity index (χ4n) is 4.40. The fourth-order valence-corrected chi connectivity index (χ4v) is 4.40. The number of fused-ring (bicyclic) bond motifs is 1. The van der Waals surface area contributed by atoms with Crippen molar-refractivity contribution in [2.75, 3.05) is 39.3 Å². The maximum absolute atomic E-state index is 12.3. The van der Waals surface area contributed by atoms with E-state index >= 15 is 0 Å². The fraction of sp³-hybridized carbons (Fsp3) is 0.737. The summed E-state index contributed by atoms with van der Waals surface area (Å²) in [5.74, 6) is 0.189. The van der Waals surface area contributed by atoms with Crippen molar-refractivity contribution in [2.45, 2.75) is 51.1 Å². The maximum Gasteiger partial charge on any atom is 0.267 e. The Morgan fingerprint density at radius 1 is 1.04 bits per heavy atom. The standard InChI is InChI=1S/C19H29N5O2/c25-18-14-15-4-1-2-5-16(15)21-24(18)13-10-22-8-11-23(12-9-22)17-6-3-7-20-19(17)26/h14,17H,1-13H2,(H,20,26). The predicted octanol–water partition coefficient (Wildman–Crippen LogP) is 0.0183. The van der Waals surface area contributed by atoms with E-state index in [1.54, 1.807) is 10.7 Å². The van der Waals surface area contributed by atoms with Gasteiger partial charge >= 0.3 is 0 Å². The van der Waals surface area contributed by atoms with Gasteiger partial charge in [-0.25, -0.2) is 4.68 Å². The molecule has 3 heterocycles. The highest BCUT2D eigenvalue weighted by atomic mass is 16.2. The Kier molecular flexibility index (Phi) is 5.36. The number of piperidine rings is 1. The van der Waals surface area contributed by atoms with E-state index in [9.17, 15) is 9.59 Å². The molecule has 1 N–H and O–H groups in total. The molecule has 3 aliphatic rings. The van der Waals surface area contributed by atoms with Gasteiger partial charge in [-0.2, -0.15) is 5.10 Å². The summed E-state index contributed by atoms with van der Waals surface area (Å²) in [4.78, 5) is 29.0. The second-order valence-electron chi connectivity index (χ2n) is 7.71. The van der Waals surface area contributed by atoms with Crippen molar-refractivity contribution < 1.29 is 4.79 Å². The van der Waals surface area contributed by atoms with E-state index in [1.807, 2.05) is 0 Å². The molecule has 142 valence electrons. The van der Waals surface area contributed by atoms with Gasteiger partial charge in [-0.3, -0.25) is 19.4 Å². The van der Waals surface area contributed by atoms with E-state index in [1.165, 1.54) is 12.8 Å². The quantitative estimate of drug-likeness (QED) is 0.821. The molecular formula is C19H29N5O2. The summed E-state index contributed by atoms with van der Waals surface area (Å²) >= 11 is 0. The lowest BCUT2D eigenvalue weighted by Gasteiger charge is -2.39. The number of aromatic nitrogens is 2. The average molecular weight is 359 g/mol. The van der Waals surface area contributed by atoms with Gasteiger partial charge < -0.3 is 5.32 Å². The minimum atomic E-state index is 0.0307. The lowest BCUT2D eigenvalue weighted by molar-refractivity contribution is -0.129. The van der Waals surface area contributed by atoms with Gasteiger partial charge in [-0.05, 0) is 44.1 Å².